The van der Waals surface area contributed by atoms with Crippen LogP contribution in [0.3, 0.4) is 0 Å². The Balaban J connectivity index is 3.98. The first kappa shape index (κ1) is 15.8. The molecule has 6 heteroatoms. The molecule has 0 unspecified atom stereocenters. The summed E-state index contributed by atoms with van der Waals surface area (Å²) in [5.74, 6) is 0.0514. The topological polar surface area (TPSA) is 75.6 Å². The number of aliphatic hydroxyl groups excluding tert-OH is 1. The Kier molecular flexibility index (Phi) is 7.14. The molecule has 0 heterocycles. The second-order valence-electron chi connectivity index (χ2n) is 4.26. The highest BCUT2D eigenvalue weighted by atomic mass is 32.2. The third-order valence-electron chi connectivity index (χ3n) is 2.07. The third-order valence-corrected chi connectivity index (χ3v) is 3.48. The van der Waals surface area contributed by atoms with Crippen molar-refractivity contribution in [3.8, 4) is 0 Å². The Bertz CT molecular complexity index is 275. The second kappa shape index (κ2) is 7.21. The summed E-state index contributed by atoms with van der Waals surface area (Å²) in [5, 5.41) is 8.56. The van der Waals surface area contributed by atoms with Crippen molar-refractivity contribution in [2.75, 3.05) is 25.5 Å². The van der Waals surface area contributed by atoms with Gasteiger partial charge in [0.05, 0.1) is 11.4 Å². The van der Waals surface area contributed by atoms with E-state index in [1.807, 2.05) is 20.8 Å². The minimum Gasteiger partial charge on any atom is -0.396 e. The molecule has 0 aromatic rings. The van der Waals surface area contributed by atoms with Gasteiger partial charge in [0.1, 0.15) is 0 Å². The molecule has 0 rings (SSSR count). The summed E-state index contributed by atoms with van der Waals surface area (Å²) in [6.07, 6.45) is 0.983. The van der Waals surface area contributed by atoms with E-state index in [1.54, 1.807) is 0 Å². The average molecular weight is 253 g/mol. The van der Waals surface area contributed by atoms with Crippen LogP contribution in [0.2, 0.25) is 0 Å². The number of ether oxygens (including phenoxy) is 1. The predicted octanol–water partition coefficient (Wildman–Crippen LogP) is 0.493. The minimum atomic E-state index is -3.25. The van der Waals surface area contributed by atoms with Crippen molar-refractivity contribution in [3.63, 3.8) is 0 Å². The second-order valence-corrected chi connectivity index (χ2v) is 6.19. The number of aliphatic hydroxyl groups is 1. The van der Waals surface area contributed by atoms with Crippen LogP contribution in [-0.2, 0) is 14.8 Å². The Morgan fingerprint density at radius 3 is 2.44 bits per heavy atom. The van der Waals surface area contributed by atoms with Gasteiger partial charge in [0.2, 0.25) is 10.0 Å². The lowest BCUT2D eigenvalue weighted by Crippen LogP contribution is -2.41. The maximum atomic E-state index is 11.5. The first-order chi connectivity index (χ1) is 7.33. The normalized spacial score (nSPS) is 13.0. The van der Waals surface area contributed by atoms with E-state index in [0.29, 0.717) is 19.4 Å². The summed E-state index contributed by atoms with van der Waals surface area (Å²) in [4.78, 5) is 0. The molecule has 0 aliphatic carbocycles. The fraction of sp³-hybridized carbons (Fsp3) is 1.00. The predicted molar refractivity (Wildman–Crippen MR) is 63.8 cm³/mol. The lowest BCUT2D eigenvalue weighted by Gasteiger charge is -2.24. The number of sulfonamides is 1. The van der Waals surface area contributed by atoms with E-state index in [4.69, 9.17) is 9.84 Å². The van der Waals surface area contributed by atoms with Crippen LogP contribution < -0.4 is 4.72 Å². The SMILES string of the molecule is CCOC(C)(C)CNS(=O)(=O)CCCCO. The lowest BCUT2D eigenvalue weighted by molar-refractivity contribution is -0.00515. The first-order valence-electron chi connectivity index (χ1n) is 5.55. The van der Waals surface area contributed by atoms with Crippen molar-refractivity contribution in [2.24, 2.45) is 0 Å². The van der Waals surface area contributed by atoms with Crippen molar-refractivity contribution in [1.82, 2.24) is 4.72 Å². The smallest absolute Gasteiger partial charge is 0.211 e. The van der Waals surface area contributed by atoms with Gasteiger partial charge < -0.3 is 9.84 Å². The fourth-order valence-corrected chi connectivity index (χ4v) is 2.50. The highest BCUT2D eigenvalue weighted by Crippen LogP contribution is 2.07. The maximum absolute atomic E-state index is 11.5. The fourth-order valence-electron chi connectivity index (χ4n) is 1.20. The van der Waals surface area contributed by atoms with Crippen molar-refractivity contribution in [1.29, 1.82) is 0 Å². The monoisotopic (exact) mass is 253 g/mol. The molecular formula is C10H23NO4S. The van der Waals surface area contributed by atoms with Crippen LogP contribution >= 0.6 is 0 Å². The van der Waals surface area contributed by atoms with Gasteiger partial charge in [-0.1, -0.05) is 0 Å². The van der Waals surface area contributed by atoms with Gasteiger partial charge in [0.15, 0.2) is 0 Å². The van der Waals surface area contributed by atoms with Gasteiger partial charge in [-0.05, 0) is 33.6 Å². The summed E-state index contributed by atoms with van der Waals surface area (Å²) >= 11 is 0. The molecule has 2 N–H and O–H groups in total. The van der Waals surface area contributed by atoms with Gasteiger partial charge in [-0.25, -0.2) is 13.1 Å². The minimum absolute atomic E-state index is 0.0277. The lowest BCUT2D eigenvalue weighted by atomic mass is 10.1. The molecule has 0 fully saturated rings. The van der Waals surface area contributed by atoms with Gasteiger partial charge in [-0.15, -0.1) is 0 Å². The number of rotatable bonds is 9. The number of hydrogen-bond donors (Lipinski definition) is 2. The van der Waals surface area contributed by atoms with E-state index in [9.17, 15) is 8.42 Å². The van der Waals surface area contributed by atoms with Crippen LogP contribution in [0, 0.1) is 0 Å². The molecule has 5 nitrogen and oxygen atoms in total. The van der Waals surface area contributed by atoms with Crippen molar-refractivity contribution >= 4 is 10.0 Å². The largest absolute Gasteiger partial charge is 0.396 e. The van der Waals surface area contributed by atoms with E-state index in [2.05, 4.69) is 4.72 Å². The third kappa shape index (κ3) is 8.04. The van der Waals surface area contributed by atoms with Gasteiger partial charge in [0.25, 0.3) is 0 Å². The molecule has 0 atom stereocenters. The summed E-state index contributed by atoms with van der Waals surface area (Å²) in [7, 11) is -3.25. The van der Waals surface area contributed by atoms with Crippen molar-refractivity contribution in [2.45, 2.75) is 39.2 Å². The van der Waals surface area contributed by atoms with Crippen LogP contribution in [0.4, 0.5) is 0 Å². The Morgan fingerprint density at radius 2 is 1.94 bits per heavy atom. The highest BCUT2D eigenvalue weighted by Gasteiger charge is 2.20. The summed E-state index contributed by atoms with van der Waals surface area (Å²) in [6, 6.07) is 0. The van der Waals surface area contributed by atoms with E-state index in [1.165, 1.54) is 0 Å². The molecule has 0 aromatic carbocycles. The number of unbranched alkanes of at least 4 members (excludes halogenated alkanes) is 1. The number of nitrogens with one attached hydrogen (secondary N) is 1. The highest BCUT2D eigenvalue weighted by molar-refractivity contribution is 7.89. The van der Waals surface area contributed by atoms with Gasteiger partial charge in [-0.3, -0.25) is 0 Å². The first-order valence-corrected chi connectivity index (χ1v) is 7.20. The van der Waals surface area contributed by atoms with Gasteiger partial charge >= 0.3 is 0 Å². The summed E-state index contributed by atoms with van der Waals surface area (Å²) in [6.45, 7) is 6.40. The molecule has 0 radical (unpaired) electrons. The molecule has 0 bridgehead atoms. The van der Waals surface area contributed by atoms with E-state index >= 15 is 0 Å². The summed E-state index contributed by atoms with van der Waals surface area (Å²) < 4.78 is 30.9. The molecule has 0 aliphatic heterocycles. The van der Waals surface area contributed by atoms with E-state index in [0.717, 1.165) is 0 Å². The Hall–Kier alpha value is -0.170. The Labute approximate surface area is 98.2 Å². The zero-order chi connectivity index (χ0) is 12.7. The standard InChI is InChI=1S/C10H23NO4S/c1-4-15-10(2,3)9-11-16(13,14)8-6-5-7-12/h11-12H,4-9H2,1-3H3. The molecule has 16 heavy (non-hydrogen) atoms. The number of hydrogen-bond acceptors (Lipinski definition) is 4. The van der Waals surface area contributed by atoms with Crippen LogP contribution in [0.1, 0.15) is 33.6 Å². The molecule has 0 aromatic heterocycles. The molecule has 98 valence electrons. The molecule has 0 saturated heterocycles. The molecule has 0 aliphatic rings. The van der Waals surface area contributed by atoms with Crippen molar-refractivity contribution in [3.05, 3.63) is 0 Å². The molecule has 0 saturated carbocycles. The van der Waals surface area contributed by atoms with Crippen molar-refractivity contribution < 1.29 is 18.3 Å². The van der Waals surface area contributed by atoms with Crippen LogP contribution in [0.15, 0.2) is 0 Å². The average Bonchev–Trinajstić information content (AvgIpc) is 2.16. The molecular weight excluding hydrogens is 230 g/mol. The van der Waals surface area contributed by atoms with E-state index < -0.39 is 15.6 Å². The molecule has 0 spiro atoms. The zero-order valence-electron chi connectivity index (χ0n) is 10.3. The van der Waals surface area contributed by atoms with E-state index in [-0.39, 0.29) is 18.9 Å². The van der Waals surface area contributed by atoms with Crippen LogP contribution in [0.5, 0.6) is 0 Å². The van der Waals surface area contributed by atoms with Gasteiger partial charge in [0, 0.05) is 19.8 Å². The maximum Gasteiger partial charge on any atom is 0.211 e. The summed E-state index contributed by atoms with van der Waals surface area (Å²) in [5.41, 5.74) is -0.487. The quantitative estimate of drug-likeness (QED) is 0.587. The van der Waals surface area contributed by atoms with Crippen LogP contribution in [0.25, 0.3) is 0 Å². The zero-order valence-corrected chi connectivity index (χ0v) is 11.1. The van der Waals surface area contributed by atoms with Gasteiger partial charge in [-0.2, -0.15) is 0 Å². The van der Waals surface area contributed by atoms with Crippen LogP contribution in [-0.4, -0.2) is 44.6 Å². The molecule has 0 amide bonds. The Morgan fingerprint density at radius 1 is 1.31 bits per heavy atom.